The number of ether oxygens (including phenoxy) is 3. The fourth-order valence-corrected chi connectivity index (χ4v) is 17.3. The summed E-state index contributed by atoms with van der Waals surface area (Å²) in [5.74, 6) is -4.80. The molecule has 85 heavy (non-hydrogen) atoms. The number of nitrogens with one attached hydrogen (secondary N) is 2. The number of carboxylic acids is 1. The summed E-state index contributed by atoms with van der Waals surface area (Å²) in [4.78, 5) is 84.0. The molecule has 9 rings (SSSR count). The van der Waals surface area contributed by atoms with Crippen LogP contribution in [0.3, 0.4) is 0 Å². The number of methoxy groups -OCH3 is 3. The summed E-state index contributed by atoms with van der Waals surface area (Å²) < 4.78 is 16.0. The zero-order valence-electron chi connectivity index (χ0n) is 46.9. The van der Waals surface area contributed by atoms with E-state index < -0.39 is 77.6 Å². The number of carbonyl (C=O) groups is 6. The lowest BCUT2D eigenvalue weighted by Crippen LogP contribution is -2.56. The number of esters is 3. The van der Waals surface area contributed by atoms with E-state index in [9.17, 15) is 33.9 Å². The summed E-state index contributed by atoms with van der Waals surface area (Å²) in [5.41, 5.74) is 8.92. The van der Waals surface area contributed by atoms with Crippen LogP contribution in [0.2, 0.25) is 0 Å². The number of benzene rings is 9. The van der Waals surface area contributed by atoms with Gasteiger partial charge in [-0.3, -0.25) is 9.59 Å². The second-order valence-corrected chi connectivity index (χ2v) is 26.3. The maximum Gasteiger partial charge on any atom is 0.338 e. The fourth-order valence-electron chi connectivity index (χ4n) is 10.1. The Hall–Kier alpha value is -8.95. The van der Waals surface area contributed by atoms with Gasteiger partial charge in [-0.2, -0.15) is 0 Å². The van der Waals surface area contributed by atoms with Gasteiger partial charge in [0.2, 0.25) is 11.8 Å². The molecule has 0 bridgehead atoms. The van der Waals surface area contributed by atoms with Crippen molar-refractivity contribution >= 4 is 107 Å². The molecule has 9 aromatic rings. The summed E-state index contributed by atoms with van der Waals surface area (Å²) in [7, 11) is 0.0638. The maximum atomic E-state index is 14.9. The number of nitrogens with two attached hydrogens (primary N) is 1. The molecule has 0 aliphatic carbocycles. The molecule has 16 heteroatoms. The number of rotatable bonds is 23. The first-order chi connectivity index (χ1) is 41.3. The molecule has 9 aromatic carbocycles. The molecule has 3 atom stereocenters. The fraction of sp³-hybridized carbons (Fsp3) is 0.130. The van der Waals surface area contributed by atoms with Crippen LogP contribution in [0.15, 0.2) is 237 Å². The van der Waals surface area contributed by atoms with Gasteiger partial charge in [-0.1, -0.05) is 218 Å². The lowest BCUT2D eigenvalue weighted by Gasteiger charge is -2.25. The Labute approximate surface area is 497 Å². The number of aliphatic carboxylic acids is 1. The van der Waals surface area contributed by atoms with Crippen LogP contribution in [0.1, 0.15) is 47.8 Å². The van der Waals surface area contributed by atoms with Gasteiger partial charge in [0.1, 0.15) is 12.1 Å². The van der Waals surface area contributed by atoms with Gasteiger partial charge >= 0.3 is 23.9 Å². The molecule has 0 unspecified atom stereocenters. The van der Waals surface area contributed by atoms with E-state index in [1.54, 1.807) is 36.4 Å². The van der Waals surface area contributed by atoms with Gasteiger partial charge in [0.25, 0.3) is 0 Å². The Bertz CT molecular complexity index is 3670. The number of carboxylic acid groups (broad SMARTS) is 1. The zero-order valence-corrected chi connectivity index (χ0v) is 49.6. The number of amides is 2. The highest BCUT2D eigenvalue weighted by atomic mass is 31.1. The highest BCUT2D eigenvalue weighted by Crippen LogP contribution is 2.37. The molecule has 0 aromatic heterocycles. The van der Waals surface area contributed by atoms with Crippen LogP contribution in [0, 0.1) is 0 Å². The lowest BCUT2D eigenvalue weighted by molar-refractivity contribution is -0.142. The highest BCUT2D eigenvalue weighted by Gasteiger charge is 2.32. The minimum atomic E-state index is -1.57. The van der Waals surface area contributed by atoms with Crippen molar-refractivity contribution in [2.75, 3.05) is 21.3 Å². The van der Waals surface area contributed by atoms with Gasteiger partial charge < -0.3 is 35.7 Å². The van der Waals surface area contributed by atoms with Crippen molar-refractivity contribution in [3.05, 3.63) is 270 Å². The standard InChI is InChI=1S/C69H62N3O10P3/c1-80-67(77)55-40-46(34-37-61(55)83(49-22-10-4-11-23-49)50-24-12-5-13-25-50)43-58(70)64(73)71-59(44-47-35-38-62(56(41-47)68(78)81-2)84(51-26-14-6-15-27-51)52-28-16-7-17-29-52)65(74)72-60(66(75)76)45-48-36-39-63(57(42-48)69(79)82-3)85(53-30-18-8-19-31-53)54-32-20-9-21-33-54/h4-42,58-60H,43-45,70H2,1-3H3,(H,71,73)(H,72,74)(H,75,76)/t58-,59-,60-/m0/s1. The van der Waals surface area contributed by atoms with Gasteiger partial charge in [0.15, 0.2) is 0 Å². The third-order valence-electron chi connectivity index (χ3n) is 14.1. The van der Waals surface area contributed by atoms with E-state index in [0.717, 1.165) is 37.1 Å². The Balaban J connectivity index is 1.05. The number of hydrogen-bond donors (Lipinski definition) is 4. The Morgan fingerprint density at radius 1 is 0.376 bits per heavy atom. The summed E-state index contributed by atoms with van der Waals surface area (Å²) in [6.07, 6.45) is -0.558. The first-order valence-electron chi connectivity index (χ1n) is 27.3. The number of hydrogen-bond acceptors (Lipinski definition) is 10. The van der Waals surface area contributed by atoms with Crippen LogP contribution in [0.4, 0.5) is 0 Å². The van der Waals surface area contributed by atoms with Gasteiger partial charge in [-0.15, -0.1) is 0 Å². The molecule has 428 valence electrons. The summed E-state index contributed by atoms with van der Waals surface area (Å²) in [6.45, 7) is 0. The predicted molar refractivity (Wildman–Crippen MR) is 340 cm³/mol. The van der Waals surface area contributed by atoms with E-state index in [-0.39, 0.29) is 30.4 Å². The van der Waals surface area contributed by atoms with Gasteiger partial charge in [-0.05, 0) is 113 Å². The third kappa shape index (κ3) is 14.9. The predicted octanol–water partition coefficient (Wildman–Crippen LogP) is 6.73. The molecule has 0 spiro atoms. The Kier molecular flexibility index (Phi) is 20.7. The molecule has 5 N–H and O–H groups in total. The quantitative estimate of drug-likeness (QED) is 0.0301. The molecule has 0 heterocycles. The van der Waals surface area contributed by atoms with Gasteiger partial charge in [0.05, 0.1) is 44.1 Å². The summed E-state index contributed by atoms with van der Waals surface area (Å²) in [5, 5.41) is 24.4. The van der Waals surface area contributed by atoms with Gasteiger partial charge in [0, 0.05) is 12.8 Å². The molecule has 0 aliphatic heterocycles. The molecule has 13 nitrogen and oxygen atoms in total. The van der Waals surface area contributed by atoms with E-state index in [1.165, 1.54) is 21.3 Å². The van der Waals surface area contributed by atoms with E-state index in [1.807, 2.05) is 200 Å². The van der Waals surface area contributed by atoms with Crippen molar-refractivity contribution in [3.63, 3.8) is 0 Å². The lowest BCUT2D eigenvalue weighted by atomic mass is 9.99. The Morgan fingerprint density at radius 3 is 0.906 bits per heavy atom. The first-order valence-corrected chi connectivity index (χ1v) is 31.3. The smallest absolute Gasteiger partial charge is 0.338 e. The largest absolute Gasteiger partial charge is 0.480 e. The minimum absolute atomic E-state index is 0.0736. The molecule has 2 amide bonds. The monoisotopic (exact) mass is 1190 g/mol. The van der Waals surface area contributed by atoms with Crippen LogP contribution in [-0.2, 0) is 47.9 Å². The van der Waals surface area contributed by atoms with Gasteiger partial charge in [-0.25, -0.2) is 19.2 Å². The average molecular weight is 1190 g/mol. The van der Waals surface area contributed by atoms with E-state index in [4.69, 9.17) is 19.9 Å². The molecule has 0 saturated heterocycles. The van der Waals surface area contributed by atoms with Crippen LogP contribution in [-0.4, -0.2) is 80.3 Å². The van der Waals surface area contributed by atoms with Crippen molar-refractivity contribution in [2.24, 2.45) is 5.73 Å². The van der Waals surface area contributed by atoms with Crippen molar-refractivity contribution in [2.45, 2.75) is 37.4 Å². The average Bonchev–Trinajstić information content (AvgIpc) is 3.60. The van der Waals surface area contributed by atoms with Crippen molar-refractivity contribution < 1.29 is 48.1 Å². The molecule has 0 radical (unpaired) electrons. The highest BCUT2D eigenvalue weighted by molar-refractivity contribution is 7.80. The maximum absolute atomic E-state index is 14.9. The Morgan fingerprint density at radius 2 is 0.635 bits per heavy atom. The van der Waals surface area contributed by atoms with E-state index >= 15 is 0 Å². The molecule has 0 fully saturated rings. The van der Waals surface area contributed by atoms with Crippen LogP contribution >= 0.6 is 23.8 Å². The minimum Gasteiger partial charge on any atom is -0.480 e. The van der Waals surface area contributed by atoms with Crippen molar-refractivity contribution in [1.29, 1.82) is 0 Å². The van der Waals surface area contributed by atoms with Crippen molar-refractivity contribution in [3.8, 4) is 0 Å². The van der Waals surface area contributed by atoms with E-state index in [0.29, 0.717) is 32.9 Å². The third-order valence-corrected chi connectivity index (χ3v) is 21.6. The topological polar surface area (TPSA) is 200 Å². The zero-order chi connectivity index (χ0) is 59.8. The SMILES string of the molecule is COC(=O)c1cc(C[C@H](NC(=O)[C@H](Cc2ccc(P(c3ccccc3)c3ccccc3)c(C(=O)OC)c2)NC(=O)[C@@H](N)Cc2ccc(P(c3ccccc3)c3ccccc3)c(C(=O)OC)c2)C(=O)O)ccc1P(c1ccccc1)c1ccccc1. The first kappa shape index (κ1) is 60.6. The molecule has 0 saturated carbocycles. The number of carbonyl (C=O) groups excluding carboxylic acids is 5. The molecule has 0 aliphatic rings. The molecular weight excluding hydrogens is 1120 g/mol. The van der Waals surface area contributed by atoms with Crippen LogP contribution in [0.5, 0.6) is 0 Å². The van der Waals surface area contributed by atoms with Crippen LogP contribution in [0.25, 0.3) is 0 Å². The second-order valence-electron chi connectivity index (χ2n) is 19.7. The normalized spacial score (nSPS) is 12.2. The van der Waals surface area contributed by atoms with Crippen LogP contribution < -0.4 is 64.1 Å². The van der Waals surface area contributed by atoms with Crippen molar-refractivity contribution in [1.82, 2.24) is 10.6 Å². The second kappa shape index (κ2) is 29.0. The van der Waals surface area contributed by atoms with E-state index in [2.05, 4.69) is 10.6 Å². The summed E-state index contributed by atoms with van der Waals surface area (Å²) in [6, 6.07) is 70.2. The summed E-state index contributed by atoms with van der Waals surface area (Å²) >= 11 is 0. The molecular formula is C69H62N3O10P3.